The number of hydrogen-bond acceptors (Lipinski definition) is 1. The second-order valence-corrected chi connectivity index (χ2v) is 6.66. The monoisotopic (exact) mass is 264 g/mol. The number of carbonyl (C=O) groups is 1. The predicted molar refractivity (Wildman–Crippen MR) is 70.7 cm³/mol. The van der Waals surface area contributed by atoms with Gasteiger partial charge < -0.3 is 5.11 Å². The summed E-state index contributed by atoms with van der Waals surface area (Å²) in [5, 5.41) is 9.63. The molecule has 0 atom stereocenters. The Morgan fingerprint density at radius 3 is 2.33 bits per heavy atom. The summed E-state index contributed by atoms with van der Waals surface area (Å²) in [5.41, 5.74) is 1.97. The maximum absolute atomic E-state index is 10.7. The van der Waals surface area contributed by atoms with Gasteiger partial charge in [0.2, 0.25) is 0 Å². The van der Waals surface area contributed by atoms with Crippen LogP contribution < -0.4 is 0 Å². The van der Waals surface area contributed by atoms with Crippen LogP contribution in [0.25, 0.3) is 0 Å². The summed E-state index contributed by atoms with van der Waals surface area (Å²) < 4.78 is 0. The van der Waals surface area contributed by atoms with Crippen molar-refractivity contribution < 1.29 is 9.90 Å². The van der Waals surface area contributed by atoms with E-state index in [-0.39, 0.29) is 5.41 Å². The molecule has 2 nitrogen and oxygen atoms in total. The van der Waals surface area contributed by atoms with Crippen molar-refractivity contribution in [2.45, 2.75) is 38.5 Å². The minimum atomic E-state index is -0.638. The molecule has 2 bridgehead atoms. The summed E-state index contributed by atoms with van der Waals surface area (Å²) in [7, 11) is 0. The fraction of sp³-hybridized carbons (Fsp3) is 0.533. The number of benzene rings is 1. The number of halogens is 1. The molecular weight excluding hydrogens is 248 g/mol. The van der Waals surface area contributed by atoms with E-state index in [0.29, 0.717) is 11.8 Å². The molecule has 0 heterocycles. The van der Waals surface area contributed by atoms with Crippen LogP contribution in [0.4, 0.5) is 0 Å². The van der Waals surface area contributed by atoms with Crippen molar-refractivity contribution >= 4 is 17.6 Å². The average molecular weight is 265 g/mol. The number of carboxylic acids is 1. The van der Waals surface area contributed by atoms with Gasteiger partial charge in [-0.05, 0) is 60.6 Å². The summed E-state index contributed by atoms with van der Waals surface area (Å²) in [6, 6.07) is 8.04. The van der Waals surface area contributed by atoms with Crippen LogP contribution in [0.3, 0.4) is 0 Å². The van der Waals surface area contributed by atoms with E-state index in [1.54, 1.807) is 0 Å². The van der Waals surface area contributed by atoms with Crippen LogP contribution >= 0.6 is 11.6 Å². The molecule has 0 spiro atoms. The molecule has 3 fully saturated rings. The molecule has 3 heteroatoms. The highest BCUT2D eigenvalue weighted by molar-refractivity contribution is 6.30. The lowest BCUT2D eigenvalue weighted by Crippen LogP contribution is -2.62. The highest BCUT2D eigenvalue weighted by atomic mass is 35.5. The van der Waals surface area contributed by atoms with Gasteiger partial charge in [0, 0.05) is 5.02 Å². The van der Waals surface area contributed by atoms with E-state index < -0.39 is 5.97 Å². The van der Waals surface area contributed by atoms with E-state index in [0.717, 1.165) is 30.7 Å². The molecule has 18 heavy (non-hydrogen) atoms. The normalized spacial score (nSPS) is 32.5. The number of carboxylic acid groups (broad SMARTS) is 1. The van der Waals surface area contributed by atoms with E-state index in [9.17, 15) is 4.79 Å². The molecule has 0 amide bonds. The Kier molecular flexibility index (Phi) is 2.67. The topological polar surface area (TPSA) is 37.3 Å². The molecule has 0 saturated heterocycles. The van der Waals surface area contributed by atoms with Gasteiger partial charge in [-0.15, -0.1) is 0 Å². The molecule has 3 aliphatic rings. The summed E-state index contributed by atoms with van der Waals surface area (Å²) >= 11 is 5.86. The molecule has 0 radical (unpaired) electrons. The van der Waals surface area contributed by atoms with Crippen molar-refractivity contribution in [2.24, 2.45) is 10.8 Å². The van der Waals surface area contributed by atoms with Gasteiger partial charge in [-0.3, -0.25) is 4.79 Å². The van der Waals surface area contributed by atoms with Gasteiger partial charge in [-0.2, -0.15) is 0 Å². The molecule has 0 aliphatic heterocycles. The third-order valence-corrected chi connectivity index (χ3v) is 4.89. The SMILES string of the molecule is O=C(O)CC12CC(CCc3ccc(Cl)cc3)(C1)C2. The van der Waals surface area contributed by atoms with E-state index in [2.05, 4.69) is 12.1 Å². The lowest BCUT2D eigenvalue weighted by Gasteiger charge is -2.71. The van der Waals surface area contributed by atoms with Crippen LogP contribution in [0.15, 0.2) is 24.3 Å². The van der Waals surface area contributed by atoms with Gasteiger partial charge in [-0.25, -0.2) is 0 Å². The zero-order valence-corrected chi connectivity index (χ0v) is 11.0. The van der Waals surface area contributed by atoms with Crippen molar-refractivity contribution in [3.63, 3.8) is 0 Å². The predicted octanol–water partition coefficient (Wildman–Crippen LogP) is 3.92. The van der Waals surface area contributed by atoms with Gasteiger partial charge in [0.15, 0.2) is 0 Å². The number of aliphatic carboxylic acids is 1. The molecule has 0 aromatic heterocycles. The third-order valence-electron chi connectivity index (χ3n) is 4.63. The minimum Gasteiger partial charge on any atom is -0.481 e. The molecular formula is C15H17ClO2. The van der Waals surface area contributed by atoms with Crippen LogP contribution in [0.5, 0.6) is 0 Å². The van der Waals surface area contributed by atoms with Gasteiger partial charge in [0.1, 0.15) is 0 Å². The largest absolute Gasteiger partial charge is 0.481 e. The number of hydrogen-bond donors (Lipinski definition) is 1. The number of rotatable bonds is 5. The van der Waals surface area contributed by atoms with E-state index in [4.69, 9.17) is 16.7 Å². The molecule has 1 aromatic rings. The van der Waals surface area contributed by atoms with Gasteiger partial charge >= 0.3 is 5.97 Å². The third kappa shape index (κ3) is 2.03. The summed E-state index contributed by atoms with van der Waals surface area (Å²) in [6.45, 7) is 0. The fourth-order valence-electron chi connectivity index (χ4n) is 4.07. The Bertz CT molecular complexity index is 458. The van der Waals surface area contributed by atoms with Crippen LogP contribution in [0.2, 0.25) is 5.02 Å². The minimum absolute atomic E-state index is 0.172. The summed E-state index contributed by atoms with van der Waals surface area (Å²) in [6.07, 6.45) is 6.02. The van der Waals surface area contributed by atoms with Gasteiger partial charge in [0.25, 0.3) is 0 Å². The Hall–Kier alpha value is -1.02. The Balaban J connectivity index is 1.50. The highest BCUT2D eigenvalue weighted by Gasteiger charge is 2.67. The maximum atomic E-state index is 10.7. The molecule has 96 valence electrons. The Morgan fingerprint density at radius 2 is 1.78 bits per heavy atom. The van der Waals surface area contributed by atoms with Crippen molar-refractivity contribution in [3.8, 4) is 0 Å². The molecule has 1 aromatic carbocycles. The number of aryl methyl sites for hydroxylation is 1. The molecule has 3 aliphatic carbocycles. The van der Waals surface area contributed by atoms with E-state index in [1.807, 2.05) is 12.1 Å². The second kappa shape index (κ2) is 3.99. The standard InChI is InChI=1S/C15H17ClO2/c16-12-3-1-11(2-4-12)5-6-14-8-15(9-14,10-14)7-13(17)18/h1-4H,5-10H2,(H,17,18). The maximum Gasteiger partial charge on any atom is 0.303 e. The zero-order valence-electron chi connectivity index (χ0n) is 10.3. The highest BCUT2D eigenvalue weighted by Crippen LogP contribution is 2.76. The summed E-state index contributed by atoms with van der Waals surface area (Å²) in [4.78, 5) is 10.7. The van der Waals surface area contributed by atoms with Crippen molar-refractivity contribution in [1.82, 2.24) is 0 Å². The van der Waals surface area contributed by atoms with Crippen LogP contribution in [0, 0.1) is 10.8 Å². The van der Waals surface area contributed by atoms with E-state index >= 15 is 0 Å². The first kappa shape index (κ1) is 12.0. The van der Waals surface area contributed by atoms with Gasteiger partial charge in [0.05, 0.1) is 6.42 Å². The smallest absolute Gasteiger partial charge is 0.303 e. The molecule has 3 saturated carbocycles. The first-order valence-electron chi connectivity index (χ1n) is 6.47. The summed E-state index contributed by atoms with van der Waals surface area (Å²) in [5.74, 6) is -0.638. The van der Waals surface area contributed by atoms with E-state index in [1.165, 1.54) is 12.0 Å². The molecule has 4 rings (SSSR count). The Morgan fingerprint density at radius 1 is 1.17 bits per heavy atom. The van der Waals surface area contributed by atoms with Crippen molar-refractivity contribution in [2.75, 3.05) is 0 Å². The zero-order chi connectivity index (χ0) is 12.8. The quantitative estimate of drug-likeness (QED) is 0.875. The Labute approximate surface area is 112 Å². The lowest BCUT2D eigenvalue weighted by molar-refractivity contribution is -0.215. The first-order chi connectivity index (χ1) is 8.51. The lowest BCUT2D eigenvalue weighted by atomic mass is 9.33. The van der Waals surface area contributed by atoms with Gasteiger partial charge in [-0.1, -0.05) is 23.7 Å². The van der Waals surface area contributed by atoms with Crippen LogP contribution in [0.1, 0.15) is 37.7 Å². The molecule has 0 unspecified atom stereocenters. The van der Waals surface area contributed by atoms with Crippen LogP contribution in [-0.4, -0.2) is 11.1 Å². The van der Waals surface area contributed by atoms with Crippen molar-refractivity contribution in [1.29, 1.82) is 0 Å². The first-order valence-corrected chi connectivity index (χ1v) is 6.85. The average Bonchev–Trinajstić information content (AvgIpc) is 2.21. The molecule has 1 N–H and O–H groups in total. The second-order valence-electron chi connectivity index (χ2n) is 6.23. The van der Waals surface area contributed by atoms with Crippen LogP contribution in [-0.2, 0) is 11.2 Å². The van der Waals surface area contributed by atoms with Crippen molar-refractivity contribution in [3.05, 3.63) is 34.9 Å². The fourth-order valence-corrected chi connectivity index (χ4v) is 4.19.